The van der Waals surface area contributed by atoms with Crippen LogP contribution in [0.15, 0.2) is 12.1 Å². The summed E-state index contributed by atoms with van der Waals surface area (Å²) in [5.74, 6) is -0.971. The Labute approximate surface area is 108 Å². The molecule has 0 saturated heterocycles. The van der Waals surface area contributed by atoms with Gasteiger partial charge in [-0.15, -0.1) is 0 Å². The minimum Gasteiger partial charge on any atom is -0.382 e. The molecule has 0 heterocycles. The first-order valence-corrected chi connectivity index (χ1v) is 6.82. The molecule has 0 aliphatic rings. The summed E-state index contributed by atoms with van der Waals surface area (Å²) in [6.07, 6.45) is 3.79. The van der Waals surface area contributed by atoms with Crippen LogP contribution in [0.1, 0.15) is 12.8 Å². The van der Waals surface area contributed by atoms with Crippen molar-refractivity contribution in [3.05, 3.63) is 33.9 Å². The summed E-state index contributed by atoms with van der Waals surface area (Å²) in [7, 11) is 0. The summed E-state index contributed by atoms with van der Waals surface area (Å²) >= 11 is 1.72. The first kappa shape index (κ1) is 14.7. The third-order valence-electron chi connectivity index (χ3n) is 2.32. The molecule has 0 saturated carbocycles. The van der Waals surface area contributed by atoms with Crippen molar-refractivity contribution in [3.63, 3.8) is 0 Å². The monoisotopic (exact) mass is 276 g/mol. The van der Waals surface area contributed by atoms with Gasteiger partial charge < -0.3 is 5.32 Å². The average molecular weight is 276 g/mol. The quantitative estimate of drug-likeness (QED) is 0.471. The predicted octanol–water partition coefficient (Wildman–Crippen LogP) is 3.43. The number of halogens is 2. The zero-order chi connectivity index (χ0) is 13.5. The van der Waals surface area contributed by atoms with E-state index < -0.39 is 22.2 Å². The van der Waals surface area contributed by atoms with Gasteiger partial charge in [-0.25, -0.2) is 4.39 Å². The van der Waals surface area contributed by atoms with Gasteiger partial charge in [0.15, 0.2) is 0 Å². The maximum absolute atomic E-state index is 13.3. The molecule has 0 unspecified atom stereocenters. The third-order valence-corrected chi connectivity index (χ3v) is 3.02. The van der Waals surface area contributed by atoms with Crippen molar-refractivity contribution in [3.8, 4) is 0 Å². The van der Waals surface area contributed by atoms with Crippen molar-refractivity contribution in [2.45, 2.75) is 12.8 Å². The molecule has 1 aromatic carbocycles. The van der Waals surface area contributed by atoms with Gasteiger partial charge in [-0.2, -0.15) is 16.2 Å². The van der Waals surface area contributed by atoms with E-state index in [1.54, 1.807) is 11.8 Å². The molecule has 0 fully saturated rings. The highest BCUT2D eigenvalue weighted by Gasteiger charge is 2.18. The van der Waals surface area contributed by atoms with E-state index in [9.17, 15) is 18.9 Å². The van der Waals surface area contributed by atoms with Gasteiger partial charge >= 0.3 is 5.69 Å². The normalized spacial score (nSPS) is 10.4. The molecule has 4 nitrogen and oxygen atoms in total. The Bertz CT molecular complexity index is 430. The lowest BCUT2D eigenvalue weighted by Crippen LogP contribution is -2.05. The lowest BCUT2D eigenvalue weighted by Gasteiger charge is -2.07. The van der Waals surface area contributed by atoms with Crippen LogP contribution < -0.4 is 5.32 Å². The molecule has 0 radical (unpaired) electrons. The first-order valence-electron chi connectivity index (χ1n) is 5.42. The van der Waals surface area contributed by atoms with E-state index in [0.717, 1.165) is 24.7 Å². The summed E-state index contributed by atoms with van der Waals surface area (Å²) < 4.78 is 26.4. The van der Waals surface area contributed by atoms with Crippen LogP contribution in [0.3, 0.4) is 0 Å². The molecule has 7 heteroatoms. The summed E-state index contributed by atoms with van der Waals surface area (Å²) in [4.78, 5) is 9.65. The van der Waals surface area contributed by atoms with Crippen molar-refractivity contribution in [2.75, 3.05) is 23.9 Å². The van der Waals surface area contributed by atoms with Crippen molar-refractivity contribution < 1.29 is 13.7 Å². The Morgan fingerprint density at radius 3 is 2.67 bits per heavy atom. The highest BCUT2D eigenvalue weighted by atomic mass is 32.2. The van der Waals surface area contributed by atoms with E-state index in [2.05, 4.69) is 5.32 Å². The summed E-state index contributed by atoms with van der Waals surface area (Å²) in [6.45, 7) is 0.500. The zero-order valence-corrected chi connectivity index (χ0v) is 10.7. The molecule has 18 heavy (non-hydrogen) atoms. The standard InChI is InChI=1S/C11H14F2N2O2S/c1-18-5-3-2-4-14-10-7-11(15(16)17)9(13)6-8(10)12/h6-7,14H,2-5H2,1H3. The largest absolute Gasteiger partial charge is 0.382 e. The van der Waals surface area contributed by atoms with E-state index in [-0.39, 0.29) is 5.69 Å². The predicted molar refractivity (Wildman–Crippen MR) is 69.1 cm³/mol. The molecular weight excluding hydrogens is 262 g/mol. The second-order valence-corrected chi connectivity index (χ2v) is 4.65. The minimum absolute atomic E-state index is 0.0350. The number of nitro groups is 1. The minimum atomic E-state index is -1.16. The third kappa shape index (κ3) is 4.14. The SMILES string of the molecule is CSCCCCNc1cc([N+](=O)[O-])c(F)cc1F. The highest BCUT2D eigenvalue weighted by molar-refractivity contribution is 7.98. The number of benzene rings is 1. The number of anilines is 1. The number of unbranched alkanes of at least 4 members (excludes halogenated alkanes) is 1. The molecule has 0 aliphatic heterocycles. The number of hydrogen-bond donors (Lipinski definition) is 1. The fraction of sp³-hybridized carbons (Fsp3) is 0.455. The van der Waals surface area contributed by atoms with Gasteiger partial charge in [0.05, 0.1) is 10.6 Å². The fourth-order valence-corrected chi connectivity index (χ4v) is 1.90. The van der Waals surface area contributed by atoms with Crippen LogP contribution in [-0.4, -0.2) is 23.5 Å². The smallest absolute Gasteiger partial charge is 0.307 e. The Hall–Kier alpha value is -1.37. The first-order chi connectivity index (χ1) is 8.56. The van der Waals surface area contributed by atoms with Crippen LogP contribution >= 0.6 is 11.8 Å². The van der Waals surface area contributed by atoms with Crippen LogP contribution in [-0.2, 0) is 0 Å². The van der Waals surface area contributed by atoms with Gasteiger partial charge in [0.2, 0.25) is 5.82 Å². The summed E-state index contributed by atoms with van der Waals surface area (Å²) in [5.41, 5.74) is -0.754. The number of thioether (sulfide) groups is 1. The molecule has 1 aromatic rings. The Balaban J connectivity index is 2.65. The molecule has 0 spiro atoms. The van der Waals surface area contributed by atoms with Gasteiger partial charge in [0.25, 0.3) is 0 Å². The van der Waals surface area contributed by atoms with E-state index in [1.165, 1.54) is 0 Å². The summed E-state index contributed by atoms with van der Waals surface area (Å²) in [6, 6.07) is 1.42. The molecule has 0 aliphatic carbocycles. The Kier molecular flexibility index (Phi) is 5.84. The average Bonchev–Trinajstić information content (AvgIpc) is 2.30. The lowest BCUT2D eigenvalue weighted by atomic mass is 10.2. The van der Waals surface area contributed by atoms with Crippen LogP contribution in [0, 0.1) is 21.7 Å². The molecule has 0 bridgehead atoms. The number of nitrogens with one attached hydrogen (secondary N) is 1. The maximum atomic E-state index is 13.3. The molecule has 1 rings (SSSR count). The Morgan fingerprint density at radius 1 is 1.33 bits per heavy atom. The fourth-order valence-electron chi connectivity index (χ4n) is 1.41. The van der Waals surface area contributed by atoms with Crippen LogP contribution in [0.25, 0.3) is 0 Å². The van der Waals surface area contributed by atoms with Crippen LogP contribution in [0.2, 0.25) is 0 Å². The Morgan fingerprint density at radius 2 is 2.06 bits per heavy atom. The second-order valence-electron chi connectivity index (χ2n) is 3.67. The number of nitrogens with zero attached hydrogens (tertiary/aromatic N) is 1. The van der Waals surface area contributed by atoms with Crippen LogP contribution in [0.4, 0.5) is 20.2 Å². The highest BCUT2D eigenvalue weighted by Crippen LogP contribution is 2.25. The maximum Gasteiger partial charge on any atom is 0.307 e. The van der Waals surface area contributed by atoms with Crippen molar-refractivity contribution in [1.82, 2.24) is 0 Å². The van der Waals surface area contributed by atoms with E-state index in [0.29, 0.717) is 12.6 Å². The second kappa shape index (κ2) is 7.15. The molecule has 1 N–H and O–H groups in total. The van der Waals surface area contributed by atoms with Crippen molar-refractivity contribution in [2.24, 2.45) is 0 Å². The number of rotatable bonds is 7. The lowest BCUT2D eigenvalue weighted by molar-refractivity contribution is -0.387. The molecule has 100 valence electrons. The van der Waals surface area contributed by atoms with Gasteiger partial charge in [0.1, 0.15) is 5.82 Å². The molecule has 0 aromatic heterocycles. The molecule has 0 amide bonds. The number of hydrogen-bond acceptors (Lipinski definition) is 4. The van der Waals surface area contributed by atoms with Gasteiger partial charge in [-0.1, -0.05) is 0 Å². The van der Waals surface area contributed by atoms with Gasteiger partial charge in [-0.05, 0) is 24.9 Å². The van der Waals surface area contributed by atoms with E-state index in [1.807, 2.05) is 6.26 Å². The van der Waals surface area contributed by atoms with E-state index >= 15 is 0 Å². The zero-order valence-electron chi connectivity index (χ0n) is 9.91. The van der Waals surface area contributed by atoms with Crippen LogP contribution in [0.5, 0.6) is 0 Å². The van der Waals surface area contributed by atoms with Gasteiger partial charge in [0, 0.05) is 18.7 Å². The molecule has 0 atom stereocenters. The van der Waals surface area contributed by atoms with Crippen molar-refractivity contribution >= 4 is 23.1 Å². The van der Waals surface area contributed by atoms with Gasteiger partial charge in [-0.3, -0.25) is 10.1 Å². The topological polar surface area (TPSA) is 55.2 Å². The van der Waals surface area contributed by atoms with Crippen molar-refractivity contribution in [1.29, 1.82) is 0 Å². The summed E-state index contributed by atoms with van der Waals surface area (Å²) in [5, 5.41) is 13.3. The number of nitro benzene ring substituents is 1. The van der Waals surface area contributed by atoms with E-state index in [4.69, 9.17) is 0 Å². The molecular formula is C11H14F2N2O2S.